The van der Waals surface area contributed by atoms with E-state index in [1.54, 1.807) is 24.3 Å². The van der Waals surface area contributed by atoms with Crippen molar-refractivity contribution in [2.24, 2.45) is 23.3 Å². The van der Waals surface area contributed by atoms with Gasteiger partial charge in [0.2, 0.25) is 6.79 Å². The summed E-state index contributed by atoms with van der Waals surface area (Å²) in [5.74, 6) is -0.423. The second-order valence-corrected chi connectivity index (χ2v) is 5.87. The Morgan fingerprint density at radius 3 is 2.17 bits per heavy atom. The number of rotatable bonds is 6. The van der Waals surface area contributed by atoms with Crippen molar-refractivity contribution < 1.29 is 19.1 Å². The number of carbonyl (C=O) groups is 2. The van der Waals surface area contributed by atoms with Crippen molar-refractivity contribution in [2.45, 2.75) is 32.2 Å². The third-order valence-corrected chi connectivity index (χ3v) is 4.33. The highest BCUT2D eigenvalue weighted by Gasteiger charge is 2.26. The summed E-state index contributed by atoms with van der Waals surface area (Å²) in [5.41, 5.74) is 12.5. The lowest BCUT2D eigenvalue weighted by molar-refractivity contribution is -0.158. The molecule has 1 aliphatic rings. The van der Waals surface area contributed by atoms with E-state index in [-0.39, 0.29) is 31.1 Å². The first kappa shape index (κ1) is 20.4. The number of nitrogens with two attached hydrogens (primary N) is 2. The zero-order valence-electron chi connectivity index (χ0n) is 13.6. The van der Waals surface area contributed by atoms with Crippen LogP contribution in [0.2, 0.25) is 0 Å². The average Bonchev–Trinajstić information content (AvgIpc) is 2.61. The molecule has 0 atom stereocenters. The number of hydrogen-bond acceptors (Lipinski definition) is 6. The number of hydrogen-bond donors (Lipinski definition) is 2. The largest absolute Gasteiger partial charge is 0.428 e. The first-order chi connectivity index (χ1) is 11.1. The highest BCUT2D eigenvalue weighted by atomic mass is 35.5. The number of ether oxygens (including phenoxy) is 2. The average molecular weight is 357 g/mol. The summed E-state index contributed by atoms with van der Waals surface area (Å²) >= 11 is 0. The minimum Gasteiger partial charge on any atom is -0.428 e. The Morgan fingerprint density at radius 2 is 1.62 bits per heavy atom. The maximum atomic E-state index is 11.9. The highest BCUT2D eigenvalue weighted by Crippen LogP contribution is 2.28. The van der Waals surface area contributed by atoms with Crippen LogP contribution in [0.15, 0.2) is 24.3 Å². The molecule has 134 valence electrons. The maximum Gasteiger partial charge on any atom is 0.340 e. The van der Waals surface area contributed by atoms with Crippen molar-refractivity contribution in [2.75, 3.05) is 13.3 Å². The van der Waals surface area contributed by atoms with E-state index in [0.717, 1.165) is 31.2 Å². The molecule has 2 rings (SSSR count). The summed E-state index contributed by atoms with van der Waals surface area (Å²) < 4.78 is 10.0. The first-order valence-electron chi connectivity index (χ1n) is 7.97. The number of esters is 2. The van der Waals surface area contributed by atoms with E-state index in [1.807, 2.05) is 0 Å². The maximum absolute atomic E-state index is 11.9. The molecule has 0 unspecified atom stereocenters. The van der Waals surface area contributed by atoms with E-state index in [1.165, 1.54) is 0 Å². The quantitative estimate of drug-likeness (QED) is 0.596. The Morgan fingerprint density at radius 1 is 1.00 bits per heavy atom. The monoisotopic (exact) mass is 356 g/mol. The Bertz CT molecular complexity index is 528. The van der Waals surface area contributed by atoms with Gasteiger partial charge in [-0.25, -0.2) is 4.79 Å². The molecule has 0 heterocycles. The second kappa shape index (κ2) is 10.3. The minimum absolute atomic E-state index is 0. The van der Waals surface area contributed by atoms with Gasteiger partial charge in [0.25, 0.3) is 0 Å². The van der Waals surface area contributed by atoms with Gasteiger partial charge in [0.15, 0.2) is 0 Å². The molecule has 1 aliphatic carbocycles. The van der Waals surface area contributed by atoms with Crippen LogP contribution in [-0.2, 0) is 20.8 Å². The fourth-order valence-corrected chi connectivity index (χ4v) is 2.75. The van der Waals surface area contributed by atoms with Crippen LogP contribution in [0.4, 0.5) is 0 Å². The van der Waals surface area contributed by atoms with Gasteiger partial charge in [-0.2, -0.15) is 0 Å². The van der Waals surface area contributed by atoms with Gasteiger partial charge in [-0.15, -0.1) is 12.4 Å². The standard InChI is InChI=1S/C17H24N2O4.ClH/c18-9-12-1-5-14(6-2-12)16(20)22-11-23-17(21)15-7-3-13(10-19)4-8-15;/h1-2,5-6,13,15H,3-4,7-11,18-19H2;1H. The number of benzene rings is 1. The van der Waals surface area contributed by atoms with Crippen LogP contribution in [0.3, 0.4) is 0 Å². The van der Waals surface area contributed by atoms with Crippen LogP contribution in [0, 0.1) is 11.8 Å². The van der Waals surface area contributed by atoms with Crippen molar-refractivity contribution >= 4 is 24.3 Å². The molecule has 1 saturated carbocycles. The van der Waals surface area contributed by atoms with Gasteiger partial charge in [0, 0.05) is 6.54 Å². The van der Waals surface area contributed by atoms with E-state index in [2.05, 4.69) is 0 Å². The van der Waals surface area contributed by atoms with Crippen LogP contribution in [0.1, 0.15) is 41.6 Å². The highest BCUT2D eigenvalue weighted by molar-refractivity contribution is 5.89. The van der Waals surface area contributed by atoms with Gasteiger partial charge in [0.1, 0.15) is 0 Å². The van der Waals surface area contributed by atoms with Gasteiger partial charge in [0.05, 0.1) is 11.5 Å². The molecule has 0 aliphatic heterocycles. The van der Waals surface area contributed by atoms with Gasteiger partial charge >= 0.3 is 11.9 Å². The smallest absolute Gasteiger partial charge is 0.340 e. The van der Waals surface area contributed by atoms with Crippen LogP contribution >= 0.6 is 12.4 Å². The number of halogens is 1. The molecule has 0 aromatic heterocycles. The summed E-state index contributed by atoms with van der Waals surface area (Å²) in [6, 6.07) is 6.80. The topological polar surface area (TPSA) is 105 Å². The molecule has 6 nitrogen and oxygen atoms in total. The Balaban J connectivity index is 0.00000288. The summed E-state index contributed by atoms with van der Waals surface area (Å²) in [6.07, 6.45) is 3.47. The zero-order valence-corrected chi connectivity index (χ0v) is 14.4. The number of carbonyl (C=O) groups excluding carboxylic acids is 2. The Kier molecular flexibility index (Phi) is 8.74. The Labute approximate surface area is 148 Å². The lowest BCUT2D eigenvalue weighted by Gasteiger charge is -2.25. The van der Waals surface area contributed by atoms with Crippen molar-refractivity contribution in [1.29, 1.82) is 0 Å². The van der Waals surface area contributed by atoms with Crippen LogP contribution < -0.4 is 11.5 Å². The normalized spacial score (nSPS) is 19.9. The van der Waals surface area contributed by atoms with Crippen molar-refractivity contribution in [3.05, 3.63) is 35.4 Å². The predicted octanol–water partition coefficient (Wildman–Crippen LogP) is 1.99. The summed E-state index contributed by atoms with van der Waals surface area (Å²) in [4.78, 5) is 23.8. The molecule has 0 saturated heterocycles. The van der Waals surface area contributed by atoms with E-state index < -0.39 is 5.97 Å². The van der Waals surface area contributed by atoms with E-state index in [9.17, 15) is 9.59 Å². The molecular formula is C17H25ClN2O4. The molecule has 0 amide bonds. The molecule has 1 aromatic carbocycles. The van der Waals surface area contributed by atoms with Crippen molar-refractivity contribution in [1.82, 2.24) is 0 Å². The summed E-state index contributed by atoms with van der Waals surface area (Å²) in [6.45, 7) is 0.731. The van der Waals surface area contributed by atoms with Crippen LogP contribution in [-0.4, -0.2) is 25.3 Å². The molecule has 0 bridgehead atoms. The lowest BCUT2D eigenvalue weighted by Crippen LogP contribution is -2.27. The minimum atomic E-state index is -0.520. The van der Waals surface area contributed by atoms with Gasteiger partial charge in [-0.1, -0.05) is 12.1 Å². The third kappa shape index (κ3) is 5.78. The lowest BCUT2D eigenvalue weighted by atomic mass is 9.82. The van der Waals surface area contributed by atoms with Gasteiger partial charge < -0.3 is 20.9 Å². The first-order valence-corrected chi connectivity index (χ1v) is 7.97. The second-order valence-electron chi connectivity index (χ2n) is 5.87. The molecule has 7 heteroatoms. The van der Waals surface area contributed by atoms with Crippen LogP contribution in [0.5, 0.6) is 0 Å². The molecule has 1 fully saturated rings. The van der Waals surface area contributed by atoms with Gasteiger partial charge in [-0.3, -0.25) is 4.79 Å². The fraction of sp³-hybridized carbons (Fsp3) is 0.529. The van der Waals surface area contributed by atoms with Gasteiger partial charge in [-0.05, 0) is 55.8 Å². The SMILES string of the molecule is Cl.NCc1ccc(C(=O)OCOC(=O)C2CCC(CN)CC2)cc1. The predicted molar refractivity (Wildman–Crippen MR) is 92.5 cm³/mol. The van der Waals surface area contributed by atoms with Crippen molar-refractivity contribution in [3.63, 3.8) is 0 Å². The molecule has 4 N–H and O–H groups in total. The van der Waals surface area contributed by atoms with Crippen LogP contribution in [0.25, 0.3) is 0 Å². The van der Waals surface area contributed by atoms with E-state index in [0.29, 0.717) is 24.6 Å². The molecule has 1 aromatic rings. The summed E-state index contributed by atoms with van der Waals surface area (Å²) in [5, 5.41) is 0. The Hall–Kier alpha value is -1.63. The molecule has 0 radical (unpaired) electrons. The molecule has 24 heavy (non-hydrogen) atoms. The zero-order chi connectivity index (χ0) is 16.7. The van der Waals surface area contributed by atoms with Crippen molar-refractivity contribution in [3.8, 4) is 0 Å². The molecule has 0 spiro atoms. The fourth-order valence-electron chi connectivity index (χ4n) is 2.75. The van der Waals surface area contributed by atoms with E-state index in [4.69, 9.17) is 20.9 Å². The van der Waals surface area contributed by atoms with E-state index >= 15 is 0 Å². The summed E-state index contributed by atoms with van der Waals surface area (Å²) in [7, 11) is 0. The molecular weight excluding hydrogens is 332 g/mol. The third-order valence-electron chi connectivity index (χ3n) is 4.33.